The molecular weight excluding hydrogens is 543 g/mol. The molecule has 0 aliphatic rings. The molecule has 38 heavy (non-hydrogen) atoms. The number of phenols is 2. The van der Waals surface area contributed by atoms with Crippen LogP contribution in [0.4, 0.5) is 0 Å². The van der Waals surface area contributed by atoms with Crippen LogP contribution >= 0.6 is 0 Å². The molecule has 0 saturated heterocycles. The van der Waals surface area contributed by atoms with Gasteiger partial charge in [-0.3, -0.25) is 9.97 Å². The summed E-state index contributed by atoms with van der Waals surface area (Å²) in [6, 6.07) is 22.5. The number of pyridine rings is 2. The Bertz CT molecular complexity index is 1320. The van der Waals surface area contributed by atoms with E-state index in [0.717, 1.165) is 21.8 Å². The number of hydrogen-bond donors (Lipinski definition) is 2. The fraction of sp³-hybridized carbons (Fsp3) is 0. The standard InChI is InChI=1S/C12H8N2.2C7H6O3.Co.3H2O/c1-3-9-5-6-10-4-2-8-14-12(10)11(9)13-7-1;2*8-6-3-1-5(2-4-6)7(9)10;;;;/h1-8H;2*1-4,8H,(H,9,10);;3*1H2/q;;;+2;;;. The second-order valence-electron chi connectivity index (χ2n) is 6.88. The predicted molar refractivity (Wildman–Crippen MR) is 135 cm³/mol. The van der Waals surface area contributed by atoms with Gasteiger partial charge in [-0.25, -0.2) is 0 Å². The first-order valence-electron chi connectivity index (χ1n) is 9.94. The summed E-state index contributed by atoms with van der Waals surface area (Å²) in [5.41, 5.74) is 2.09. The van der Waals surface area contributed by atoms with Crippen molar-refractivity contribution in [3.8, 4) is 11.5 Å². The Morgan fingerprint density at radius 2 is 0.895 bits per heavy atom. The Morgan fingerprint density at radius 3 is 1.18 bits per heavy atom. The van der Waals surface area contributed by atoms with Gasteiger partial charge in [0.2, 0.25) is 0 Å². The first-order valence-corrected chi connectivity index (χ1v) is 9.94. The molecule has 0 fully saturated rings. The molecule has 201 valence electrons. The van der Waals surface area contributed by atoms with Crippen molar-refractivity contribution in [1.82, 2.24) is 9.97 Å². The van der Waals surface area contributed by atoms with E-state index in [1.165, 1.54) is 48.5 Å². The molecule has 0 amide bonds. The number of carboxylic acids is 2. The van der Waals surface area contributed by atoms with E-state index < -0.39 is 11.9 Å². The summed E-state index contributed by atoms with van der Waals surface area (Å²) in [5.74, 6) is -2.38. The number of aromatic carboxylic acids is 2. The Morgan fingerprint density at radius 1 is 0.579 bits per heavy atom. The minimum absolute atomic E-state index is 0. The molecule has 11 nitrogen and oxygen atoms in total. The molecule has 2 aromatic heterocycles. The van der Waals surface area contributed by atoms with Crippen molar-refractivity contribution in [2.45, 2.75) is 0 Å². The molecule has 0 aliphatic heterocycles. The van der Waals surface area contributed by atoms with Crippen molar-refractivity contribution in [2.24, 2.45) is 0 Å². The summed E-state index contributed by atoms with van der Waals surface area (Å²) < 4.78 is 0. The first-order chi connectivity index (χ1) is 16.3. The molecule has 12 heteroatoms. The van der Waals surface area contributed by atoms with Crippen LogP contribution in [0, 0.1) is 0 Å². The Labute approximate surface area is 226 Å². The minimum atomic E-state index is -1.24. The maximum atomic E-state index is 10.1. The molecule has 0 bridgehead atoms. The molecule has 0 spiro atoms. The molecule has 0 unspecified atom stereocenters. The molecule has 0 atom stereocenters. The molecule has 2 heterocycles. The molecule has 0 saturated carbocycles. The number of benzene rings is 3. The van der Waals surface area contributed by atoms with Crippen LogP contribution in [0.2, 0.25) is 0 Å². The van der Waals surface area contributed by atoms with Gasteiger partial charge in [-0.05, 0) is 71.8 Å². The third-order valence-electron chi connectivity index (χ3n) is 4.55. The van der Waals surface area contributed by atoms with Gasteiger partial charge in [0.05, 0.1) is 23.0 Å². The van der Waals surface area contributed by atoms with Crippen molar-refractivity contribution in [2.75, 3.05) is 0 Å². The average molecular weight is 569 g/mol. The normalized spacial score (nSPS) is 8.84. The SMILES string of the molecule is O.O=C([O-])c1ccc(O)cc1.O=C([O-])c1ccc(O)cc1.[Co+2].[OH3+].[OH3+].c1cnc2c(c1)ccc1cccnc12. The monoisotopic (exact) mass is 569 g/mol. The number of carboxylic acid groups (broad SMARTS) is 2. The van der Waals surface area contributed by atoms with E-state index in [1.54, 1.807) is 12.4 Å². The van der Waals surface area contributed by atoms with Gasteiger partial charge in [-0.15, -0.1) is 0 Å². The summed E-state index contributed by atoms with van der Waals surface area (Å²) in [5, 5.41) is 40.0. The van der Waals surface area contributed by atoms with Crippen LogP contribution in [-0.2, 0) is 27.7 Å². The van der Waals surface area contributed by atoms with Gasteiger partial charge in [0, 0.05) is 23.2 Å². The quantitative estimate of drug-likeness (QED) is 0.209. The van der Waals surface area contributed by atoms with Crippen molar-refractivity contribution in [3.63, 3.8) is 0 Å². The number of phenolic OH excluding ortho intramolecular Hbond substituents is 2. The first kappa shape index (κ1) is 35.6. The van der Waals surface area contributed by atoms with Gasteiger partial charge in [0.15, 0.2) is 0 Å². The predicted octanol–water partition coefficient (Wildman–Crippen LogP) is -0.377. The number of fused-ring (bicyclic) bond motifs is 3. The molecule has 5 aromatic rings. The fourth-order valence-corrected chi connectivity index (χ4v) is 2.87. The van der Waals surface area contributed by atoms with E-state index in [1.807, 2.05) is 12.1 Å². The van der Waals surface area contributed by atoms with Gasteiger partial charge >= 0.3 is 16.8 Å². The van der Waals surface area contributed by atoms with E-state index in [4.69, 9.17) is 10.2 Å². The smallest absolute Gasteiger partial charge is 0.545 e. The number of rotatable bonds is 2. The third-order valence-corrected chi connectivity index (χ3v) is 4.55. The van der Waals surface area contributed by atoms with Crippen molar-refractivity contribution in [1.29, 1.82) is 0 Å². The van der Waals surface area contributed by atoms with Crippen LogP contribution < -0.4 is 10.2 Å². The number of nitrogens with zero attached hydrogens (tertiary/aromatic N) is 2. The van der Waals surface area contributed by atoms with Crippen LogP contribution in [0.5, 0.6) is 11.5 Å². The van der Waals surface area contributed by atoms with Crippen molar-refractivity contribution in [3.05, 3.63) is 108 Å². The third kappa shape index (κ3) is 9.81. The van der Waals surface area contributed by atoms with Gasteiger partial charge in [-0.1, -0.05) is 24.3 Å². The zero-order valence-corrected chi connectivity index (χ0v) is 20.7. The summed E-state index contributed by atoms with van der Waals surface area (Å²) >= 11 is 0. The van der Waals surface area contributed by atoms with Gasteiger partial charge in [0.25, 0.3) is 0 Å². The maximum Gasteiger partial charge on any atom is 2.00 e. The van der Waals surface area contributed by atoms with E-state index in [9.17, 15) is 19.8 Å². The second kappa shape index (κ2) is 17.0. The zero-order valence-electron chi connectivity index (χ0n) is 19.6. The van der Waals surface area contributed by atoms with Gasteiger partial charge < -0.3 is 46.4 Å². The fourth-order valence-electron chi connectivity index (χ4n) is 2.87. The number of carbonyl (C=O) groups is 2. The molecule has 10 N–H and O–H groups in total. The van der Waals surface area contributed by atoms with Crippen LogP contribution in [0.15, 0.2) is 97.3 Å². The summed E-state index contributed by atoms with van der Waals surface area (Å²) in [6.07, 6.45) is 3.60. The second-order valence-corrected chi connectivity index (χ2v) is 6.88. The van der Waals surface area contributed by atoms with Gasteiger partial charge in [0.1, 0.15) is 11.5 Å². The maximum absolute atomic E-state index is 10.1. The molecule has 5 rings (SSSR count). The number of hydrogen-bond acceptors (Lipinski definition) is 8. The number of aromatic hydroxyl groups is 2. The van der Waals surface area contributed by atoms with Crippen LogP contribution in [0.3, 0.4) is 0 Å². The Hall–Kier alpha value is -4.59. The van der Waals surface area contributed by atoms with Crippen LogP contribution in [0.1, 0.15) is 20.7 Å². The van der Waals surface area contributed by atoms with E-state index in [0.29, 0.717) is 0 Å². The number of aromatic nitrogens is 2. The van der Waals surface area contributed by atoms with Crippen LogP contribution in [0.25, 0.3) is 21.8 Å². The topological polar surface area (TPSA) is 244 Å². The van der Waals surface area contributed by atoms with E-state index in [-0.39, 0.29) is 55.8 Å². The Kier molecular flexibility index (Phi) is 15.9. The summed E-state index contributed by atoms with van der Waals surface area (Å²) in [6.45, 7) is 0. The molecule has 3 aromatic carbocycles. The van der Waals surface area contributed by atoms with Crippen molar-refractivity contribution >= 4 is 33.7 Å². The molecule has 1 radical (unpaired) electrons. The summed E-state index contributed by atoms with van der Waals surface area (Å²) in [4.78, 5) is 28.9. The zero-order chi connectivity index (χ0) is 24.5. The van der Waals surface area contributed by atoms with E-state index in [2.05, 4.69) is 34.2 Å². The van der Waals surface area contributed by atoms with Crippen LogP contribution in [-0.4, -0.2) is 37.6 Å². The average Bonchev–Trinajstić information content (AvgIpc) is 2.85. The molecule has 0 aliphatic carbocycles. The van der Waals surface area contributed by atoms with E-state index >= 15 is 0 Å². The molecular formula is C26H26CoN2O9+2. The van der Waals surface area contributed by atoms with Gasteiger partial charge in [-0.2, -0.15) is 0 Å². The Balaban J connectivity index is 0. The largest absolute Gasteiger partial charge is 2.00 e. The van der Waals surface area contributed by atoms with Crippen molar-refractivity contribution < 1.29 is 63.2 Å². The summed E-state index contributed by atoms with van der Waals surface area (Å²) in [7, 11) is 0. The minimum Gasteiger partial charge on any atom is -0.545 e. The number of carbonyl (C=O) groups excluding carboxylic acids is 2.